The third-order valence-electron chi connectivity index (χ3n) is 7.34. The van der Waals surface area contributed by atoms with Gasteiger partial charge in [0.2, 0.25) is 5.91 Å². The highest BCUT2D eigenvalue weighted by Crippen LogP contribution is 2.44. The summed E-state index contributed by atoms with van der Waals surface area (Å²) < 4.78 is 5.44. The lowest BCUT2D eigenvalue weighted by Crippen LogP contribution is -2.45. The zero-order chi connectivity index (χ0) is 32.1. The number of amides is 6. The van der Waals surface area contributed by atoms with E-state index in [2.05, 4.69) is 5.32 Å². The summed E-state index contributed by atoms with van der Waals surface area (Å²) in [7, 11) is 0. The first-order chi connectivity index (χ1) is 21.6. The Morgan fingerprint density at radius 3 is 1.62 bits per heavy atom. The van der Waals surface area contributed by atoms with Crippen molar-refractivity contribution in [2.45, 2.75) is 38.0 Å². The van der Waals surface area contributed by atoms with Gasteiger partial charge in [-0.15, -0.1) is 10.1 Å². The number of hydrogen-bond acceptors (Lipinski definition) is 11. The van der Waals surface area contributed by atoms with Crippen LogP contribution in [0.25, 0.3) is 11.1 Å². The van der Waals surface area contributed by atoms with Gasteiger partial charge in [0, 0.05) is 44.6 Å². The van der Waals surface area contributed by atoms with E-state index in [4.69, 9.17) is 14.4 Å². The Morgan fingerprint density at radius 1 is 0.711 bits per heavy atom. The van der Waals surface area contributed by atoms with E-state index in [0.717, 1.165) is 22.3 Å². The Balaban J connectivity index is 1.15. The zero-order valence-electron chi connectivity index (χ0n) is 23.9. The van der Waals surface area contributed by atoms with E-state index in [-0.39, 0.29) is 54.9 Å². The van der Waals surface area contributed by atoms with E-state index in [1.165, 1.54) is 0 Å². The first kappa shape index (κ1) is 30.8. The normalized spacial score (nSPS) is 15.6. The molecule has 15 heteroatoms. The van der Waals surface area contributed by atoms with Crippen LogP contribution in [0.15, 0.2) is 48.5 Å². The van der Waals surface area contributed by atoms with Gasteiger partial charge in [0.05, 0.1) is 0 Å². The summed E-state index contributed by atoms with van der Waals surface area (Å²) in [5, 5.41) is 3.01. The molecule has 2 aromatic carbocycles. The van der Waals surface area contributed by atoms with Gasteiger partial charge in [0.1, 0.15) is 19.7 Å². The Morgan fingerprint density at radius 2 is 1.16 bits per heavy atom. The van der Waals surface area contributed by atoms with Crippen LogP contribution >= 0.6 is 0 Å². The number of benzene rings is 2. The molecular formula is C30H28N4O11. The zero-order valence-corrected chi connectivity index (χ0v) is 23.9. The van der Waals surface area contributed by atoms with E-state index < -0.39 is 67.1 Å². The van der Waals surface area contributed by atoms with Crippen LogP contribution in [0.4, 0.5) is 4.79 Å². The van der Waals surface area contributed by atoms with Gasteiger partial charge in [0.15, 0.2) is 0 Å². The third kappa shape index (κ3) is 6.98. The molecular weight excluding hydrogens is 592 g/mol. The van der Waals surface area contributed by atoms with Crippen molar-refractivity contribution in [3.05, 3.63) is 59.7 Å². The lowest BCUT2D eigenvalue weighted by atomic mass is 9.98. The van der Waals surface area contributed by atoms with Crippen molar-refractivity contribution in [1.82, 2.24) is 20.3 Å². The summed E-state index contributed by atoms with van der Waals surface area (Å²) in [6, 6.07) is 15.6. The Bertz CT molecular complexity index is 1460. The molecule has 234 valence electrons. The van der Waals surface area contributed by atoms with Crippen molar-refractivity contribution in [3.63, 3.8) is 0 Å². The molecule has 0 aromatic heterocycles. The number of carbonyl (C=O) groups excluding carboxylic acids is 8. The van der Waals surface area contributed by atoms with Gasteiger partial charge >= 0.3 is 18.0 Å². The maximum Gasteiger partial charge on any atom is 0.407 e. The highest BCUT2D eigenvalue weighted by atomic mass is 16.7. The van der Waals surface area contributed by atoms with Gasteiger partial charge in [-0.3, -0.25) is 24.0 Å². The monoisotopic (exact) mass is 620 g/mol. The number of hydroxylamine groups is 4. The maximum absolute atomic E-state index is 13.0. The molecule has 5 rings (SSSR count). The average Bonchev–Trinajstić information content (AvgIpc) is 3.64. The molecule has 1 aliphatic carbocycles. The molecule has 0 unspecified atom stereocenters. The van der Waals surface area contributed by atoms with E-state index in [1.807, 2.05) is 48.5 Å². The summed E-state index contributed by atoms with van der Waals surface area (Å²) in [5.74, 6) is -6.42. The molecule has 6 amide bonds. The highest BCUT2D eigenvalue weighted by molar-refractivity contribution is 6.02. The summed E-state index contributed by atoms with van der Waals surface area (Å²) >= 11 is 0. The molecule has 2 saturated heterocycles. The molecule has 45 heavy (non-hydrogen) atoms. The number of carbonyl (C=O) groups is 8. The predicted molar refractivity (Wildman–Crippen MR) is 149 cm³/mol. The van der Waals surface area contributed by atoms with Crippen molar-refractivity contribution in [2.24, 2.45) is 0 Å². The molecule has 2 fully saturated rings. The van der Waals surface area contributed by atoms with E-state index in [9.17, 15) is 38.4 Å². The second-order valence-corrected chi connectivity index (χ2v) is 10.3. The largest absolute Gasteiger partial charge is 0.449 e. The van der Waals surface area contributed by atoms with Crippen LogP contribution in [0.3, 0.4) is 0 Å². The average molecular weight is 621 g/mol. The Kier molecular flexibility index (Phi) is 9.16. The van der Waals surface area contributed by atoms with Crippen LogP contribution in [-0.4, -0.2) is 88.8 Å². The third-order valence-corrected chi connectivity index (χ3v) is 7.34. The molecule has 0 radical (unpaired) electrons. The van der Waals surface area contributed by atoms with E-state index in [1.54, 1.807) is 0 Å². The van der Waals surface area contributed by atoms with Gasteiger partial charge in [0.25, 0.3) is 23.6 Å². The van der Waals surface area contributed by atoms with Gasteiger partial charge in [-0.05, 0) is 22.3 Å². The van der Waals surface area contributed by atoms with Gasteiger partial charge < -0.3 is 24.6 Å². The van der Waals surface area contributed by atoms with E-state index >= 15 is 0 Å². The van der Waals surface area contributed by atoms with E-state index in [0.29, 0.717) is 4.90 Å². The SMILES string of the molecule is O=C(CN(CC(=O)ON1C(=O)CCC1=O)C(=O)CCNC(=O)OCC1c2ccccc2-c2ccccc21)ON1C(=O)CCC1=O. The van der Waals surface area contributed by atoms with Crippen LogP contribution in [0.1, 0.15) is 49.1 Å². The number of hydrogen-bond donors (Lipinski definition) is 1. The number of alkyl carbamates (subject to hydrolysis) is 1. The van der Waals surface area contributed by atoms with Crippen molar-refractivity contribution in [2.75, 3.05) is 26.2 Å². The molecule has 2 heterocycles. The molecule has 0 spiro atoms. The topological polar surface area (TPSA) is 186 Å². The molecule has 15 nitrogen and oxygen atoms in total. The molecule has 0 saturated carbocycles. The fraction of sp³-hybridized carbons (Fsp3) is 0.333. The standard InChI is InChI=1S/C30H28N4O11/c35-23(13-14-31-30(42)43-17-22-20-7-3-1-5-18(20)19-6-2-4-8-21(19)22)32(15-28(40)44-33-24(36)9-10-25(33)37)16-29(41)45-34-26(38)11-12-27(34)39/h1-8,22H,9-17H2,(H,31,42). The fourth-order valence-electron chi connectivity index (χ4n) is 5.20. The summed E-state index contributed by atoms with van der Waals surface area (Å²) in [6.45, 7) is -1.99. The molecule has 2 aromatic rings. The Hall–Kier alpha value is -5.60. The smallest absolute Gasteiger partial charge is 0.407 e. The van der Waals surface area contributed by atoms with Crippen LogP contribution in [0, 0.1) is 0 Å². The number of nitrogens with zero attached hydrogens (tertiary/aromatic N) is 3. The summed E-state index contributed by atoms with van der Waals surface area (Å²) in [4.78, 5) is 108. The number of nitrogens with one attached hydrogen (secondary N) is 1. The molecule has 0 bridgehead atoms. The molecule has 3 aliphatic rings. The first-order valence-electron chi connectivity index (χ1n) is 14.1. The highest BCUT2D eigenvalue weighted by Gasteiger charge is 2.36. The number of fused-ring (bicyclic) bond motifs is 3. The van der Waals surface area contributed by atoms with Gasteiger partial charge in [-0.25, -0.2) is 14.4 Å². The van der Waals surface area contributed by atoms with Gasteiger partial charge in [-0.2, -0.15) is 0 Å². The maximum atomic E-state index is 13.0. The van der Waals surface area contributed by atoms with Crippen LogP contribution < -0.4 is 5.32 Å². The molecule has 1 N–H and O–H groups in total. The minimum absolute atomic E-state index is 0.0412. The van der Waals surface area contributed by atoms with Crippen LogP contribution in [-0.2, 0) is 48.0 Å². The van der Waals surface area contributed by atoms with Crippen molar-refractivity contribution in [3.8, 4) is 11.1 Å². The van der Waals surface area contributed by atoms with Gasteiger partial charge in [-0.1, -0.05) is 48.5 Å². The van der Waals surface area contributed by atoms with Crippen molar-refractivity contribution >= 4 is 47.6 Å². The predicted octanol–water partition coefficient (Wildman–Crippen LogP) is 0.958. The molecule has 0 atom stereocenters. The minimum atomic E-state index is -1.21. The number of ether oxygens (including phenoxy) is 1. The lowest BCUT2D eigenvalue weighted by Gasteiger charge is -2.23. The lowest BCUT2D eigenvalue weighted by molar-refractivity contribution is -0.201. The number of imide groups is 2. The van der Waals surface area contributed by atoms with Crippen molar-refractivity contribution in [1.29, 1.82) is 0 Å². The summed E-state index contributed by atoms with van der Waals surface area (Å²) in [5.41, 5.74) is 4.15. The molecule has 2 aliphatic heterocycles. The second-order valence-electron chi connectivity index (χ2n) is 10.3. The first-order valence-corrected chi connectivity index (χ1v) is 14.1. The van der Waals surface area contributed by atoms with Crippen LogP contribution in [0.2, 0.25) is 0 Å². The Labute approximate surface area is 255 Å². The minimum Gasteiger partial charge on any atom is -0.449 e. The number of rotatable bonds is 11. The van der Waals surface area contributed by atoms with Crippen LogP contribution in [0.5, 0.6) is 0 Å². The van der Waals surface area contributed by atoms with Crippen molar-refractivity contribution < 1.29 is 52.8 Å². The fourth-order valence-corrected chi connectivity index (χ4v) is 5.20. The quantitative estimate of drug-likeness (QED) is 0.353. The second kappa shape index (κ2) is 13.4. The summed E-state index contributed by atoms with van der Waals surface area (Å²) in [6.07, 6.45) is -1.82.